The van der Waals surface area contributed by atoms with E-state index in [0.29, 0.717) is 18.8 Å². The van der Waals surface area contributed by atoms with Gasteiger partial charge in [0.05, 0.1) is 11.6 Å². The van der Waals surface area contributed by atoms with Crippen LogP contribution in [0.1, 0.15) is 57.6 Å². The molecule has 5 rings (SSSR count). The van der Waals surface area contributed by atoms with Gasteiger partial charge in [-0.3, -0.25) is 9.47 Å². The molecule has 2 aliphatic heterocycles. The van der Waals surface area contributed by atoms with Crippen LogP contribution in [0.4, 0.5) is 4.79 Å². The summed E-state index contributed by atoms with van der Waals surface area (Å²) in [4.78, 5) is 18.4. The second-order valence-corrected chi connectivity index (χ2v) is 11.9. The number of carbonyl (C=O) groups excluding carboxylic acids is 1. The summed E-state index contributed by atoms with van der Waals surface area (Å²) >= 11 is 0. The maximum absolute atomic E-state index is 13.2. The third-order valence-electron chi connectivity index (χ3n) is 7.98. The minimum atomic E-state index is -0.575. The minimum Gasteiger partial charge on any atom is -0.489 e. The number of methoxy groups -OCH3 is 1. The van der Waals surface area contributed by atoms with Gasteiger partial charge in [0, 0.05) is 50.4 Å². The zero-order chi connectivity index (χ0) is 27.4. The Balaban J connectivity index is 1.29. The first-order valence-electron chi connectivity index (χ1n) is 14.3. The van der Waals surface area contributed by atoms with E-state index >= 15 is 0 Å². The SMILES string of the molecule is COC1CCN(C2CCN(Cc3cn(C(=O)OC(C)(C)C)c4cc(OCc5ccccc5)ccc34)CC2)CC1. The molecule has 0 atom stereocenters. The molecule has 2 aromatic carbocycles. The van der Waals surface area contributed by atoms with Crippen molar-refractivity contribution in [3.05, 3.63) is 65.9 Å². The van der Waals surface area contributed by atoms with Crippen LogP contribution in [0.15, 0.2) is 54.7 Å². The quantitative estimate of drug-likeness (QED) is 0.367. The molecule has 2 fully saturated rings. The van der Waals surface area contributed by atoms with Gasteiger partial charge in [-0.15, -0.1) is 0 Å². The Morgan fingerprint density at radius 2 is 1.67 bits per heavy atom. The van der Waals surface area contributed by atoms with Gasteiger partial charge in [0.2, 0.25) is 0 Å². The summed E-state index contributed by atoms with van der Waals surface area (Å²) in [5, 5.41) is 1.07. The fourth-order valence-corrected chi connectivity index (χ4v) is 5.86. The number of ether oxygens (including phenoxy) is 3. The molecule has 0 spiro atoms. The Morgan fingerprint density at radius 3 is 2.33 bits per heavy atom. The lowest BCUT2D eigenvalue weighted by molar-refractivity contribution is 0.0138. The Labute approximate surface area is 232 Å². The van der Waals surface area contributed by atoms with E-state index in [1.165, 1.54) is 12.8 Å². The molecular formula is C32H43N3O4. The average molecular weight is 534 g/mol. The Bertz CT molecular complexity index is 1230. The fraction of sp³-hybridized carbons (Fsp3) is 0.531. The lowest BCUT2D eigenvalue weighted by Gasteiger charge is -2.41. The lowest BCUT2D eigenvalue weighted by Crippen LogP contribution is -2.48. The largest absolute Gasteiger partial charge is 0.489 e. The molecule has 2 saturated heterocycles. The van der Waals surface area contributed by atoms with Gasteiger partial charge in [0.15, 0.2) is 0 Å². The van der Waals surface area contributed by atoms with Crippen molar-refractivity contribution in [1.82, 2.24) is 14.4 Å². The van der Waals surface area contributed by atoms with Crippen LogP contribution in [-0.4, -0.2) is 71.5 Å². The van der Waals surface area contributed by atoms with Crippen molar-refractivity contribution in [3.8, 4) is 5.75 Å². The summed E-state index contributed by atoms with van der Waals surface area (Å²) in [7, 11) is 1.83. The van der Waals surface area contributed by atoms with Gasteiger partial charge < -0.3 is 19.1 Å². The predicted molar refractivity (Wildman–Crippen MR) is 154 cm³/mol. The van der Waals surface area contributed by atoms with Crippen molar-refractivity contribution in [1.29, 1.82) is 0 Å². The number of benzene rings is 2. The second-order valence-electron chi connectivity index (χ2n) is 11.9. The number of aromatic nitrogens is 1. The van der Waals surface area contributed by atoms with E-state index in [0.717, 1.165) is 73.3 Å². The monoisotopic (exact) mass is 533 g/mol. The highest BCUT2D eigenvalue weighted by Gasteiger charge is 2.29. The van der Waals surface area contributed by atoms with Crippen molar-refractivity contribution in [3.63, 3.8) is 0 Å². The molecule has 39 heavy (non-hydrogen) atoms. The molecule has 0 N–H and O–H groups in total. The van der Waals surface area contributed by atoms with Gasteiger partial charge in [-0.1, -0.05) is 30.3 Å². The number of carbonyl (C=O) groups is 1. The highest BCUT2D eigenvalue weighted by atomic mass is 16.6. The molecule has 0 radical (unpaired) electrons. The Morgan fingerprint density at radius 1 is 0.949 bits per heavy atom. The zero-order valence-electron chi connectivity index (χ0n) is 23.9. The van der Waals surface area contributed by atoms with E-state index in [9.17, 15) is 4.79 Å². The molecule has 3 heterocycles. The molecule has 2 aliphatic rings. The molecule has 7 nitrogen and oxygen atoms in total. The molecule has 3 aromatic rings. The highest BCUT2D eigenvalue weighted by Crippen LogP contribution is 2.30. The minimum absolute atomic E-state index is 0.364. The predicted octanol–water partition coefficient (Wildman–Crippen LogP) is 6.08. The molecular weight excluding hydrogens is 490 g/mol. The first-order valence-corrected chi connectivity index (χ1v) is 14.3. The summed E-state index contributed by atoms with van der Waals surface area (Å²) < 4.78 is 19.1. The number of hydrogen-bond acceptors (Lipinski definition) is 6. The first kappa shape index (κ1) is 27.7. The van der Waals surface area contributed by atoms with Gasteiger partial charge >= 0.3 is 6.09 Å². The molecule has 1 aromatic heterocycles. The third-order valence-corrected chi connectivity index (χ3v) is 7.98. The molecule has 0 bridgehead atoms. The number of rotatable bonds is 7. The van der Waals surface area contributed by atoms with Crippen molar-refractivity contribution in [2.75, 3.05) is 33.3 Å². The van der Waals surface area contributed by atoms with E-state index in [4.69, 9.17) is 14.2 Å². The number of likely N-dealkylation sites (tertiary alicyclic amines) is 2. The third kappa shape index (κ3) is 7.02. The first-order chi connectivity index (χ1) is 18.8. The standard InChI is InChI=1S/C32H43N3O4/c1-32(2,3)39-31(36)35-22-25(21-33-16-12-26(13-17-33)34-18-14-27(37-4)15-19-34)29-11-10-28(20-30(29)35)38-23-24-8-6-5-7-9-24/h5-11,20,22,26-27H,12-19,21,23H2,1-4H3. The van der Waals surface area contributed by atoms with Crippen LogP contribution in [0.2, 0.25) is 0 Å². The average Bonchev–Trinajstić information content (AvgIpc) is 3.30. The van der Waals surface area contributed by atoms with E-state index in [-0.39, 0.29) is 6.09 Å². The number of piperidine rings is 2. The molecule has 210 valence electrons. The molecule has 0 amide bonds. The summed E-state index contributed by atoms with van der Waals surface area (Å²) in [6.45, 7) is 11.4. The van der Waals surface area contributed by atoms with E-state index in [1.807, 2.05) is 76.5 Å². The van der Waals surface area contributed by atoms with Crippen molar-refractivity contribution in [2.45, 2.75) is 77.4 Å². The van der Waals surface area contributed by atoms with Gasteiger partial charge in [0.25, 0.3) is 0 Å². The Kier molecular flexibility index (Phi) is 8.60. The van der Waals surface area contributed by atoms with Gasteiger partial charge in [-0.2, -0.15) is 0 Å². The van der Waals surface area contributed by atoms with Gasteiger partial charge in [-0.05, 0) is 82.8 Å². The molecule has 7 heteroatoms. The van der Waals surface area contributed by atoms with E-state index < -0.39 is 5.60 Å². The maximum Gasteiger partial charge on any atom is 0.419 e. The highest BCUT2D eigenvalue weighted by molar-refractivity contribution is 5.93. The summed E-state index contributed by atoms with van der Waals surface area (Å²) in [5.74, 6) is 0.735. The molecule has 0 unspecified atom stereocenters. The lowest BCUT2D eigenvalue weighted by atomic mass is 9.98. The van der Waals surface area contributed by atoms with Crippen molar-refractivity contribution < 1.29 is 19.0 Å². The van der Waals surface area contributed by atoms with Crippen LogP contribution in [0, 0.1) is 0 Å². The van der Waals surface area contributed by atoms with Crippen molar-refractivity contribution in [2.24, 2.45) is 0 Å². The fourth-order valence-electron chi connectivity index (χ4n) is 5.86. The van der Waals surface area contributed by atoms with Crippen LogP contribution in [0.25, 0.3) is 10.9 Å². The topological polar surface area (TPSA) is 56.2 Å². The van der Waals surface area contributed by atoms with E-state index in [1.54, 1.807) is 4.57 Å². The number of nitrogens with zero attached hydrogens (tertiary/aromatic N) is 3. The summed E-state index contributed by atoms with van der Waals surface area (Å²) in [6.07, 6.45) is 6.65. The van der Waals surface area contributed by atoms with Crippen LogP contribution < -0.4 is 4.74 Å². The number of fused-ring (bicyclic) bond motifs is 1. The van der Waals surface area contributed by atoms with Crippen LogP contribution >= 0.6 is 0 Å². The maximum atomic E-state index is 13.2. The summed E-state index contributed by atoms with van der Waals surface area (Å²) in [5.41, 5.74) is 2.49. The van der Waals surface area contributed by atoms with Gasteiger partial charge in [0.1, 0.15) is 18.0 Å². The molecule has 0 saturated carbocycles. The number of hydrogen-bond donors (Lipinski definition) is 0. The smallest absolute Gasteiger partial charge is 0.419 e. The van der Waals surface area contributed by atoms with Crippen molar-refractivity contribution >= 4 is 17.0 Å². The summed E-state index contributed by atoms with van der Waals surface area (Å²) in [6, 6.07) is 16.8. The molecule has 0 aliphatic carbocycles. The van der Waals surface area contributed by atoms with Gasteiger partial charge in [-0.25, -0.2) is 4.79 Å². The zero-order valence-corrected chi connectivity index (χ0v) is 23.9. The second kappa shape index (κ2) is 12.1. The van der Waals surface area contributed by atoms with Crippen LogP contribution in [0.3, 0.4) is 0 Å². The van der Waals surface area contributed by atoms with Crippen LogP contribution in [-0.2, 0) is 22.6 Å². The van der Waals surface area contributed by atoms with E-state index in [2.05, 4.69) is 15.9 Å². The Hall–Kier alpha value is -2.87. The normalized spacial score (nSPS) is 18.5. The van der Waals surface area contributed by atoms with Crippen LogP contribution in [0.5, 0.6) is 5.75 Å².